The Labute approximate surface area is 376 Å². The molecule has 0 heterocycles. The first kappa shape index (κ1) is 60.7. The third-order valence-electron chi connectivity index (χ3n) is 9.43. The Morgan fingerprint density at radius 1 is 0.571 bits per heavy atom. The van der Waals surface area contributed by atoms with Crippen LogP contribution in [0.4, 0.5) is 0 Å². The van der Waals surface area contributed by atoms with E-state index in [-0.39, 0.29) is 25.7 Å². The van der Waals surface area contributed by atoms with Crippen molar-refractivity contribution in [3.63, 3.8) is 0 Å². The quantitative estimate of drug-likeness (QED) is 0.00998. The zero-order chi connectivity index (χ0) is 47.2. The van der Waals surface area contributed by atoms with Crippen LogP contribution in [-0.4, -0.2) is 104 Å². The Balaban J connectivity index is 4.81. The maximum atomic E-state index is 12.7. The summed E-state index contributed by atoms with van der Waals surface area (Å²) in [5, 5.41) is 40.2. The van der Waals surface area contributed by atoms with Crippen molar-refractivity contribution in [1.82, 2.24) is 0 Å². The predicted molar refractivity (Wildman–Crippen MR) is 243 cm³/mol. The first-order valence-corrected chi connectivity index (χ1v) is 25.7. The number of phosphoric acid groups is 2. The topological polar surface area (TPSA) is 256 Å². The van der Waals surface area contributed by atoms with Crippen LogP contribution >= 0.6 is 15.6 Å². The molecule has 0 spiro atoms. The number of rotatable bonds is 41. The number of hydrogen-bond donors (Lipinski definition) is 7. The summed E-state index contributed by atoms with van der Waals surface area (Å²) in [6.07, 6.45) is 28.8. The second kappa shape index (κ2) is 38.9. The average Bonchev–Trinajstić information content (AvgIpc) is 3.22. The SMILES string of the molecule is CC/C=C\C[C@H](O)/C=C/C=C/C=C\C=C/[C@@H](O)[C@H](O)CCCC(=O)O[C@H](COC(=O)CCCCCCCCCCCCCCCC(C)C)COP(=O)(O)OC[C@@H](O)COP(=O)(O)O. The summed E-state index contributed by atoms with van der Waals surface area (Å²) in [7, 11) is -9.82. The van der Waals surface area contributed by atoms with Crippen LogP contribution in [0.1, 0.15) is 149 Å². The Bertz CT molecular complexity index is 1410. The van der Waals surface area contributed by atoms with Gasteiger partial charge >= 0.3 is 27.6 Å². The van der Waals surface area contributed by atoms with E-state index in [1.54, 1.807) is 42.5 Å². The average molecular weight is 939 g/mol. The second-order valence-corrected chi connectivity index (χ2v) is 18.7. The molecule has 0 fully saturated rings. The van der Waals surface area contributed by atoms with Crippen molar-refractivity contribution in [2.24, 2.45) is 5.92 Å². The van der Waals surface area contributed by atoms with Crippen molar-refractivity contribution in [1.29, 1.82) is 0 Å². The summed E-state index contributed by atoms with van der Waals surface area (Å²) in [5.41, 5.74) is 0. The standard InChI is InChI=1S/C45H80O16P2/c1-4-5-21-28-39(46)29-23-18-15-16-19-24-30-42(48)43(49)31-26-33-45(51)61-41(37-60-63(55,56)59-35-40(47)34-58-62(52,53)54)36-57-44(50)32-25-20-14-12-10-8-6-7-9-11-13-17-22-27-38(2)3/h5,15-16,18-19,21,23-24,29-30,38-43,46-49H,4,6-14,17,20,22,25-28,31-37H2,1-3H3,(H,55,56)(H2,52,53,54)/b18-15+,19-16-,21-5-,29-23+,30-24-/t39-,40-,41+,42+,43+/m0/s1. The van der Waals surface area contributed by atoms with Crippen LogP contribution in [0.25, 0.3) is 0 Å². The molecule has 0 aromatic heterocycles. The molecule has 16 nitrogen and oxygen atoms in total. The first-order chi connectivity index (χ1) is 29.9. The fourth-order valence-corrected chi connectivity index (χ4v) is 7.03. The van der Waals surface area contributed by atoms with Crippen molar-refractivity contribution in [2.45, 2.75) is 180 Å². The molecule has 1 unspecified atom stereocenters. The number of aliphatic hydroxyl groups is 4. The molecule has 0 bridgehead atoms. The van der Waals surface area contributed by atoms with Crippen LogP contribution in [-0.2, 0) is 41.8 Å². The highest BCUT2D eigenvalue weighted by Gasteiger charge is 2.28. The highest BCUT2D eigenvalue weighted by molar-refractivity contribution is 7.47. The minimum absolute atomic E-state index is 0.0213. The lowest BCUT2D eigenvalue weighted by Gasteiger charge is -2.21. The van der Waals surface area contributed by atoms with Gasteiger partial charge < -0.3 is 44.6 Å². The number of phosphoric ester groups is 2. The van der Waals surface area contributed by atoms with E-state index in [2.05, 4.69) is 22.9 Å². The van der Waals surface area contributed by atoms with Gasteiger partial charge in [0.15, 0.2) is 6.10 Å². The van der Waals surface area contributed by atoms with Gasteiger partial charge in [-0.3, -0.25) is 23.2 Å². The third kappa shape index (κ3) is 42.1. The summed E-state index contributed by atoms with van der Waals surface area (Å²) in [6, 6.07) is 0. The zero-order valence-corrected chi connectivity index (χ0v) is 39.7. The molecule has 63 heavy (non-hydrogen) atoms. The minimum Gasteiger partial charge on any atom is -0.462 e. The van der Waals surface area contributed by atoms with Gasteiger partial charge in [0.2, 0.25) is 0 Å². The molecule has 7 N–H and O–H groups in total. The number of allylic oxidation sites excluding steroid dienone is 7. The number of hydrogen-bond acceptors (Lipinski definition) is 13. The van der Waals surface area contributed by atoms with Crippen molar-refractivity contribution < 1.29 is 76.9 Å². The van der Waals surface area contributed by atoms with E-state index in [0.29, 0.717) is 12.8 Å². The maximum absolute atomic E-state index is 12.7. The molecule has 366 valence electrons. The summed E-state index contributed by atoms with van der Waals surface area (Å²) >= 11 is 0. The van der Waals surface area contributed by atoms with Crippen LogP contribution in [0.3, 0.4) is 0 Å². The van der Waals surface area contributed by atoms with Crippen molar-refractivity contribution >= 4 is 27.6 Å². The Morgan fingerprint density at radius 2 is 1.08 bits per heavy atom. The van der Waals surface area contributed by atoms with Crippen LogP contribution in [0.15, 0.2) is 60.8 Å². The number of carbonyl (C=O) groups is 2. The third-order valence-corrected chi connectivity index (χ3v) is 10.9. The molecule has 0 aliphatic rings. The van der Waals surface area contributed by atoms with Gasteiger partial charge in [-0.2, -0.15) is 0 Å². The van der Waals surface area contributed by atoms with Gasteiger partial charge in [0.25, 0.3) is 0 Å². The summed E-state index contributed by atoms with van der Waals surface area (Å²) in [4.78, 5) is 52.8. The van der Waals surface area contributed by atoms with E-state index in [0.717, 1.165) is 38.0 Å². The fraction of sp³-hybridized carbons (Fsp3) is 0.733. The highest BCUT2D eigenvalue weighted by atomic mass is 31.2. The van der Waals surface area contributed by atoms with E-state index < -0.39 is 84.5 Å². The van der Waals surface area contributed by atoms with Gasteiger partial charge in [-0.15, -0.1) is 0 Å². The summed E-state index contributed by atoms with van der Waals surface area (Å²) in [6.45, 7) is 3.49. The lowest BCUT2D eigenvalue weighted by molar-refractivity contribution is -0.161. The van der Waals surface area contributed by atoms with Crippen LogP contribution in [0.2, 0.25) is 0 Å². The van der Waals surface area contributed by atoms with Gasteiger partial charge in [-0.1, -0.05) is 165 Å². The first-order valence-electron chi connectivity index (χ1n) is 22.7. The van der Waals surface area contributed by atoms with Crippen LogP contribution in [0.5, 0.6) is 0 Å². The summed E-state index contributed by atoms with van der Waals surface area (Å²) < 4.78 is 47.6. The van der Waals surface area contributed by atoms with E-state index >= 15 is 0 Å². The second-order valence-electron chi connectivity index (χ2n) is 16.0. The lowest BCUT2D eigenvalue weighted by atomic mass is 10.0. The Hall–Kier alpha value is -2.30. The normalized spacial score (nSPS) is 16.1. The molecule has 0 aliphatic carbocycles. The van der Waals surface area contributed by atoms with Gasteiger partial charge in [-0.05, 0) is 38.0 Å². The number of esters is 2. The Morgan fingerprint density at radius 3 is 1.65 bits per heavy atom. The van der Waals surface area contributed by atoms with Crippen molar-refractivity contribution in [3.05, 3.63) is 60.8 Å². The van der Waals surface area contributed by atoms with E-state index in [4.69, 9.17) is 23.8 Å². The number of ether oxygens (including phenoxy) is 2. The van der Waals surface area contributed by atoms with Gasteiger partial charge in [0.1, 0.15) is 12.7 Å². The fourth-order valence-electron chi connectivity index (χ4n) is 5.87. The summed E-state index contributed by atoms with van der Waals surface area (Å²) in [5.74, 6) is -0.578. The molecule has 0 aromatic rings. The molecular formula is C45H80O16P2. The minimum atomic E-state index is -4.91. The maximum Gasteiger partial charge on any atom is 0.472 e. The van der Waals surface area contributed by atoms with Crippen LogP contribution in [0, 0.1) is 5.92 Å². The molecule has 18 heteroatoms. The monoisotopic (exact) mass is 938 g/mol. The molecule has 0 amide bonds. The van der Waals surface area contributed by atoms with Crippen molar-refractivity contribution in [2.75, 3.05) is 26.4 Å². The number of carbonyl (C=O) groups excluding carboxylic acids is 2. The van der Waals surface area contributed by atoms with E-state index in [9.17, 15) is 44.0 Å². The lowest BCUT2D eigenvalue weighted by Crippen LogP contribution is -2.30. The zero-order valence-electron chi connectivity index (χ0n) is 37.9. The molecule has 0 saturated heterocycles. The molecule has 0 aliphatic heterocycles. The van der Waals surface area contributed by atoms with Crippen molar-refractivity contribution in [3.8, 4) is 0 Å². The van der Waals surface area contributed by atoms with Gasteiger partial charge in [-0.25, -0.2) is 9.13 Å². The van der Waals surface area contributed by atoms with E-state index in [1.807, 2.05) is 19.1 Å². The van der Waals surface area contributed by atoms with Crippen LogP contribution < -0.4 is 0 Å². The molecule has 0 rings (SSSR count). The molecule has 0 saturated carbocycles. The smallest absolute Gasteiger partial charge is 0.462 e. The molecule has 6 atom stereocenters. The Kier molecular flexibility index (Phi) is 37.5. The van der Waals surface area contributed by atoms with E-state index in [1.165, 1.54) is 63.9 Å². The van der Waals surface area contributed by atoms with Gasteiger partial charge in [0.05, 0.1) is 38.1 Å². The predicted octanol–water partition coefficient (Wildman–Crippen LogP) is 8.39. The molecule has 0 radical (unpaired) electrons. The largest absolute Gasteiger partial charge is 0.472 e. The highest BCUT2D eigenvalue weighted by Crippen LogP contribution is 2.43. The molecule has 0 aromatic carbocycles. The number of unbranched alkanes of at least 4 members (excludes halogenated alkanes) is 12. The molecular weight excluding hydrogens is 858 g/mol. The van der Waals surface area contributed by atoms with Gasteiger partial charge in [0, 0.05) is 12.8 Å². The number of aliphatic hydroxyl groups excluding tert-OH is 4.